The van der Waals surface area contributed by atoms with E-state index in [-0.39, 0.29) is 18.4 Å². The molecule has 1 saturated heterocycles. The van der Waals surface area contributed by atoms with Gasteiger partial charge in [-0.3, -0.25) is 4.79 Å². The van der Waals surface area contributed by atoms with Crippen molar-refractivity contribution >= 4 is 22.5 Å². The number of benzene rings is 2. The number of aryl methyl sites for hydroxylation is 1. The Morgan fingerprint density at radius 1 is 1.30 bits per heavy atom. The molecule has 3 N–H and O–H groups in total. The first kappa shape index (κ1) is 17.4. The van der Waals surface area contributed by atoms with Crippen molar-refractivity contribution in [3.63, 3.8) is 0 Å². The molecule has 0 radical (unpaired) electrons. The summed E-state index contributed by atoms with van der Waals surface area (Å²) in [5.74, 6) is -0.120. The molecule has 2 aromatic carbocycles. The number of hydrogen-bond donors (Lipinski definition) is 2. The van der Waals surface area contributed by atoms with Gasteiger partial charge >= 0.3 is 0 Å². The van der Waals surface area contributed by atoms with Crippen LogP contribution in [0.3, 0.4) is 0 Å². The highest BCUT2D eigenvalue weighted by atomic mass is 16.3. The lowest BCUT2D eigenvalue weighted by Crippen LogP contribution is -2.21. The fraction of sp³-hybridized carbons (Fsp3) is 0.286. The predicted octanol–water partition coefficient (Wildman–Crippen LogP) is 2.25. The van der Waals surface area contributed by atoms with Crippen molar-refractivity contribution in [3.8, 4) is 0 Å². The first-order valence-electron chi connectivity index (χ1n) is 9.03. The van der Waals surface area contributed by atoms with E-state index in [0.717, 1.165) is 24.2 Å². The lowest BCUT2D eigenvalue weighted by molar-refractivity contribution is 0.100. The number of aromatic nitrogens is 2. The van der Waals surface area contributed by atoms with Crippen LogP contribution in [0.4, 0.5) is 5.69 Å². The summed E-state index contributed by atoms with van der Waals surface area (Å²) in [6.07, 6.45) is 3.15. The van der Waals surface area contributed by atoms with Gasteiger partial charge in [0.25, 0.3) is 5.91 Å². The highest BCUT2D eigenvalue weighted by Crippen LogP contribution is 2.38. The van der Waals surface area contributed by atoms with Crippen LogP contribution in [0.1, 0.15) is 27.4 Å². The molecule has 6 nitrogen and oxygen atoms in total. The average molecular weight is 362 g/mol. The Morgan fingerprint density at radius 2 is 2.15 bits per heavy atom. The summed E-state index contributed by atoms with van der Waals surface area (Å²) >= 11 is 0. The number of nitrogens with zero attached hydrogens (tertiary/aromatic N) is 3. The minimum absolute atomic E-state index is 0.128. The average Bonchev–Trinajstić information content (AvgIpc) is 3.11. The van der Waals surface area contributed by atoms with Crippen molar-refractivity contribution in [2.75, 3.05) is 24.6 Å². The van der Waals surface area contributed by atoms with Crippen LogP contribution < -0.4 is 10.6 Å². The number of aliphatic hydroxyl groups excluding tert-OH is 1. The molecule has 1 aliphatic rings. The lowest BCUT2D eigenvalue weighted by Gasteiger charge is -2.21. The number of carbonyl (C=O) groups excluding carboxylic acids is 1. The minimum atomic E-state index is -0.502. The fourth-order valence-corrected chi connectivity index (χ4v) is 4.07. The topological polar surface area (TPSA) is 92.3 Å². The van der Waals surface area contributed by atoms with E-state index in [1.54, 1.807) is 12.3 Å². The van der Waals surface area contributed by atoms with Crippen molar-refractivity contribution in [3.05, 3.63) is 65.6 Å². The number of fused-ring (bicyclic) bond motifs is 1. The summed E-state index contributed by atoms with van der Waals surface area (Å²) in [5.41, 5.74) is 9.87. The Bertz CT molecular complexity index is 1000. The number of rotatable bonds is 4. The van der Waals surface area contributed by atoms with E-state index >= 15 is 0 Å². The molecule has 0 saturated carbocycles. The molecule has 2 atom stereocenters. The maximum Gasteiger partial charge on any atom is 0.250 e. The standard InChI is InChI=1S/C21H22N4O2/c1-13-3-2-4-14(7-13)18-10-25(9-15(18)11-26)19-6-5-16(21(22)27)20-17(19)8-23-12-24-20/h2-8,12,15,18,26H,9-11H2,1H3,(H2,22,27). The molecular weight excluding hydrogens is 340 g/mol. The molecule has 0 aliphatic carbocycles. The zero-order valence-electron chi connectivity index (χ0n) is 15.2. The van der Waals surface area contributed by atoms with Crippen molar-refractivity contribution in [2.24, 2.45) is 11.7 Å². The van der Waals surface area contributed by atoms with E-state index in [0.29, 0.717) is 11.1 Å². The summed E-state index contributed by atoms with van der Waals surface area (Å²) in [7, 11) is 0. The third-order valence-electron chi connectivity index (χ3n) is 5.40. The van der Waals surface area contributed by atoms with Gasteiger partial charge in [-0.15, -0.1) is 0 Å². The molecule has 138 valence electrons. The monoisotopic (exact) mass is 362 g/mol. The number of anilines is 1. The van der Waals surface area contributed by atoms with Gasteiger partial charge in [-0.1, -0.05) is 29.8 Å². The van der Waals surface area contributed by atoms with Crippen molar-refractivity contribution in [1.29, 1.82) is 0 Å². The number of aliphatic hydroxyl groups is 1. The van der Waals surface area contributed by atoms with E-state index in [2.05, 4.69) is 46.1 Å². The Kier molecular flexibility index (Phi) is 4.49. The number of primary amides is 1. The van der Waals surface area contributed by atoms with Crippen molar-refractivity contribution in [1.82, 2.24) is 9.97 Å². The van der Waals surface area contributed by atoms with E-state index in [9.17, 15) is 9.90 Å². The van der Waals surface area contributed by atoms with Crippen LogP contribution in [0.25, 0.3) is 10.9 Å². The van der Waals surface area contributed by atoms with E-state index in [4.69, 9.17) is 5.73 Å². The van der Waals surface area contributed by atoms with Crippen LogP contribution in [0.2, 0.25) is 0 Å². The molecule has 3 aromatic rings. The van der Waals surface area contributed by atoms with E-state index < -0.39 is 5.91 Å². The van der Waals surface area contributed by atoms with Gasteiger partial charge in [-0.2, -0.15) is 0 Å². The third kappa shape index (κ3) is 3.13. The van der Waals surface area contributed by atoms with Gasteiger partial charge in [0.2, 0.25) is 0 Å². The highest BCUT2D eigenvalue weighted by Gasteiger charge is 2.34. The first-order valence-corrected chi connectivity index (χ1v) is 9.03. The summed E-state index contributed by atoms with van der Waals surface area (Å²) in [6.45, 7) is 3.73. The second-order valence-corrected chi connectivity index (χ2v) is 7.15. The van der Waals surface area contributed by atoms with E-state index in [1.165, 1.54) is 17.5 Å². The second-order valence-electron chi connectivity index (χ2n) is 7.15. The van der Waals surface area contributed by atoms with Gasteiger partial charge in [0.15, 0.2) is 0 Å². The third-order valence-corrected chi connectivity index (χ3v) is 5.40. The number of nitrogens with two attached hydrogens (primary N) is 1. The molecule has 2 heterocycles. The molecule has 0 spiro atoms. The molecule has 6 heteroatoms. The zero-order chi connectivity index (χ0) is 19.0. The molecule has 1 aromatic heterocycles. The molecule has 27 heavy (non-hydrogen) atoms. The molecule has 1 amide bonds. The highest BCUT2D eigenvalue weighted by molar-refractivity contribution is 6.08. The van der Waals surface area contributed by atoms with Crippen LogP contribution in [0.15, 0.2) is 48.9 Å². The Morgan fingerprint density at radius 3 is 2.89 bits per heavy atom. The maximum atomic E-state index is 11.7. The van der Waals surface area contributed by atoms with Crippen LogP contribution >= 0.6 is 0 Å². The fourth-order valence-electron chi connectivity index (χ4n) is 4.07. The minimum Gasteiger partial charge on any atom is -0.396 e. The molecule has 2 unspecified atom stereocenters. The second kappa shape index (κ2) is 6.96. The van der Waals surface area contributed by atoms with Crippen LogP contribution in [-0.2, 0) is 0 Å². The molecule has 0 bridgehead atoms. The molecular formula is C21H22N4O2. The van der Waals surface area contributed by atoms with Gasteiger partial charge in [0.05, 0.1) is 11.1 Å². The van der Waals surface area contributed by atoms with E-state index in [1.807, 2.05) is 6.07 Å². The Hall–Kier alpha value is -2.99. The number of carbonyl (C=O) groups is 1. The summed E-state index contributed by atoms with van der Waals surface area (Å²) < 4.78 is 0. The predicted molar refractivity (Wildman–Crippen MR) is 105 cm³/mol. The van der Waals surface area contributed by atoms with Gasteiger partial charge in [-0.25, -0.2) is 9.97 Å². The Balaban J connectivity index is 1.74. The summed E-state index contributed by atoms with van der Waals surface area (Å²) in [5, 5.41) is 10.8. The van der Waals surface area contributed by atoms with Gasteiger partial charge in [-0.05, 0) is 24.6 Å². The molecule has 1 fully saturated rings. The van der Waals surface area contributed by atoms with Crippen LogP contribution in [-0.4, -0.2) is 40.7 Å². The molecule has 1 aliphatic heterocycles. The SMILES string of the molecule is Cc1cccc(C2CN(c3ccc(C(N)=O)c4ncncc34)CC2CO)c1. The largest absolute Gasteiger partial charge is 0.396 e. The molecule has 4 rings (SSSR count). The van der Waals surface area contributed by atoms with Gasteiger partial charge < -0.3 is 15.7 Å². The number of amides is 1. The summed E-state index contributed by atoms with van der Waals surface area (Å²) in [4.78, 5) is 22.4. The van der Waals surface area contributed by atoms with Gasteiger partial charge in [0.1, 0.15) is 6.33 Å². The van der Waals surface area contributed by atoms with Crippen molar-refractivity contribution < 1.29 is 9.90 Å². The quantitative estimate of drug-likeness (QED) is 0.743. The zero-order valence-corrected chi connectivity index (χ0v) is 15.2. The van der Waals surface area contributed by atoms with Crippen molar-refractivity contribution in [2.45, 2.75) is 12.8 Å². The van der Waals surface area contributed by atoms with Crippen LogP contribution in [0.5, 0.6) is 0 Å². The Labute approximate surface area is 157 Å². The first-order chi connectivity index (χ1) is 13.1. The normalized spacial score (nSPS) is 19.6. The van der Waals surface area contributed by atoms with Crippen LogP contribution in [0, 0.1) is 12.8 Å². The lowest BCUT2D eigenvalue weighted by atomic mass is 9.89. The summed E-state index contributed by atoms with van der Waals surface area (Å²) in [6, 6.07) is 12.1. The smallest absolute Gasteiger partial charge is 0.250 e. The number of hydrogen-bond acceptors (Lipinski definition) is 5. The maximum absolute atomic E-state index is 11.7. The van der Waals surface area contributed by atoms with Gasteiger partial charge in [0, 0.05) is 48.8 Å².